The Labute approximate surface area is 105 Å². The minimum atomic E-state index is -0.996. The number of thioether (sulfide) groups is 1. The van der Waals surface area contributed by atoms with Gasteiger partial charge in [-0.25, -0.2) is 4.79 Å². The van der Waals surface area contributed by atoms with Crippen molar-refractivity contribution in [3.8, 4) is 5.75 Å². The Morgan fingerprint density at radius 1 is 1.53 bits per heavy atom. The van der Waals surface area contributed by atoms with Crippen LogP contribution >= 0.6 is 11.8 Å². The van der Waals surface area contributed by atoms with Gasteiger partial charge in [-0.2, -0.15) is 11.8 Å². The number of aliphatic hydroxyl groups is 1. The third-order valence-corrected chi connectivity index (χ3v) is 3.50. The van der Waals surface area contributed by atoms with Crippen molar-refractivity contribution in [3.05, 3.63) is 29.3 Å². The lowest BCUT2D eigenvalue weighted by Gasteiger charge is -2.10. The van der Waals surface area contributed by atoms with Crippen LogP contribution in [0.4, 0.5) is 0 Å². The van der Waals surface area contributed by atoms with Crippen molar-refractivity contribution in [2.75, 3.05) is 13.7 Å². The fraction of sp³-hybridized carbons (Fsp3) is 0.417. The molecule has 4 nitrogen and oxygen atoms in total. The second kappa shape index (κ2) is 6.51. The number of aliphatic hydroxyl groups excluding tert-OH is 1. The second-order valence-electron chi connectivity index (χ2n) is 3.64. The molecule has 0 aliphatic carbocycles. The summed E-state index contributed by atoms with van der Waals surface area (Å²) >= 11 is 1.58. The SMILES string of the molecule is COc1ccc(CSC(C)CO)cc1C(=O)O. The summed E-state index contributed by atoms with van der Waals surface area (Å²) < 4.78 is 4.98. The average molecular weight is 256 g/mol. The Bertz CT molecular complexity index is 392. The highest BCUT2D eigenvalue weighted by molar-refractivity contribution is 7.99. The molecular weight excluding hydrogens is 240 g/mol. The largest absolute Gasteiger partial charge is 0.496 e. The van der Waals surface area contributed by atoms with Crippen molar-refractivity contribution < 1.29 is 19.7 Å². The van der Waals surface area contributed by atoms with E-state index in [-0.39, 0.29) is 17.4 Å². The molecule has 1 aromatic rings. The number of benzene rings is 1. The molecule has 1 unspecified atom stereocenters. The van der Waals surface area contributed by atoms with Crippen molar-refractivity contribution in [3.63, 3.8) is 0 Å². The van der Waals surface area contributed by atoms with E-state index in [2.05, 4.69) is 0 Å². The number of carbonyl (C=O) groups is 1. The van der Waals surface area contributed by atoms with Gasteiger partial charge in [-0.3, -0.25) is 0 Å². The highest BCUT2D eigenvalue weighted by Gasteiger charge is 2.12. The molecule has 17 heavy (non-hydrogen) atoms. The van der Waals surface area contributed by atoms with E-state index in [4.69, 9.17) is 14.9 Å². The molecule has 94 valence electrons. The molecule has 0 saturated heterocycles. The summed E-state index contributed by atoms with van der Waals surface area (Å²) in [5.74, 6) is 0.0387. The second-order valence-corrected chi connectivity index (χ2v) is 5.07. The number of hydrogen-bond donors (Lipinski definition) is 2. The van der Waals surface area contributed by atoms with Gasteiger partial charge in [-0.15, -0.1) is 0 Å². The zero-order valence-electron chi connectivity index (χ0n) is 9.84. The number of aromatic carboxylic acids is 1. The summed E-state index contributed by atoms with van der Waals surface area (Å²) in [5, 5.41) is 18.1. The summed E-state index contributed by atoms with van der Waals surface area (Å²) in [6.07, 6.45) is 0. The molecule has 5 heteroatoms. The monoisotopic (exact) mass is 256 g/mol. The zero-order valence-corrected chi connectivity index (χ0v) is 10.7. The van der Waals surface area contributed by atoms with Crippen LogP contribution in [0.2, 0.25) is 0 Å². The standard InChI is InChI=1S/C12H16O4S/c1-8(6-13)17-7-9-3-4-11(16-2)10(5-9)12(14)15/h3-5,8,13H,6-7H2,1-2H3,(H,14,15). The van der Waals surface area contributed by atoms with Crippen LogP contribution in [0.25, 0.3) is 0 Å². The lowest BCUT2D eigenvalue weighted by atomic mass is 10.1. The van der Waals surface area contributed by atoms with Crippen molar-refractivity contribution in [2.24, 2.45) is 0 Å². The number of methoxy groups -OCH3 is 1. The first kappa shape index (κ1) is 13.9. The minimum Gasteiger partial charge on any atom is -0.496 e. The van der Waals surface area contributed by atoms with Gasteiger partial charge in [-0.05, 0) is 17.7 Å². The van der Waals surface area contributed by atoms with Gasteiger partial charge < -0.3 is 14.9 Å². The molecule has 0 aromatic heterocycles. The first-order valence-electron chi connectivity index (χ1n) is 5.21. The predicted octanol–water partition coefficient (Wildman–Crippen LogP) is 2.01. The molecule has 0 radical (unpaired) electrons. The Kier molecular flexibility index (Phi) is 5.31. The molecule has 1 aromatic carbocycles. The molecule has 1 atom stereocenters. The van der Waals surface area contributed by atoms with Gasteiger partial charge in [0.2, 0.25) is 0 Å². The van der Waals surface area contributed by atoms with E-state index in [0.717, 1.165) is 5.56 Å². The smallest absolute Gasteiger partial charge is 0.339 e. The molecular formula is C12H16O4S. The van der Waals surface area contributed by atoms with Gasteiger partial charge in [-0.1, -0.05) is 13.0 Å². The lowest BCUT2D eigenvalue weighted by molar-refractivity contribution is 0.0693. The van der Waals surface area contributed by atoms with Crippen LogP contribution in [-0.2, 0) is 5.75 Å². The highest BCUT2D eigenvalue weighted by atomic mass is 32.2. The van der Waals surface area contributed by atoms with Crippen LogP contribution in [0.15, 0.2) is 18.2 Å². The molecule has 1 rings (SSSR count). The third kappa shape index (κ3) is 3.94. The number of rotatable bonds is 6. The zero-order chi connectivity index (χ0) is 12.8. The number of carboxylic acids is 1. The van der Waals surface area contributed by atoms with Crippen LogP contribution in [0.5, 0.6) is 5.75 Å². The summed E-state index contributed by atoms with van der Waals surface area (Å²) in [6.45, 7) is 2.04. The Balaban J connectivity index is 2.81. The van der Waals surface area contributed by atoms with E-state index < -0.39 is 5.97 Å². The van der Waals surface area contributed by atoms with Crippen LogP contribution in [0.1, 0.15) is 22.8 Å². The van der Waals surface area contributed by atoms with Gasteiger partial charge >= 0.3 is 5.97 Å². The average Bonchev–Trinajstić information content (AvgIpc) is 2.35. The van der Waals surface area contributed by atoms with E-state index in [0.29, 0.717) is 11.5 Å². The van der Waals surface area contributed by atoms with Gasteiger partial charge in [0.25, 0.3) is 0 Å². The van der Waals surface area contributed by atoms with E-state index in [1.807, 2.05) is 13.0 Å². The van der Waals surface area contributed by atoms with E-state index in [1.165, 1.54) is 7.11 Å². The Hall–Kier alpha value is -1.20. The fourth-order valence-corrected chi connectivity index (χ4v) is 2.07. The minimum absolute atomic E-state index is 0.118. The van der Waals surface area contributed by atoms with Gasteiger partial charge in [0.1, 0.15) is 11.3 Å². The summed E-state index contributed by atoms with van der Waals surface area (Å²) in [4.78, 5) is 11.0. The summed E-state index contributed by atoms with van der Waals surface area (Å²) in [5.41, 5.74) is 1.08. The van der Waals surface area contributed by atoms with Crippen molar-refractivity contribution in [1.82, 2.24) is 0 Å². The molecule has 0 aliphatic rings. The molecule has 0 bridgehead atoms. The topological polar surface area (TPSA) is 66.8 Å². The normalized spacial score (nSPS) is 12.2. The van der Waals surface area contributed by atoms with Crippen molar-refractivity contribution >= 4 is 17.7 Å². The van der Waals surface area contributed by atoms with Crippen LogP contribution in [-0.4, -0.2) is 35.1 Å². The first-order valence-corrected chi connectivity index (χ1v) is 6.26. The predicted molar refractivity (Wildman–Crippen MR) is 67.8 cm³/mol. The maximum Gasteiger partial charge on any atom is 0.339 e. The van der Waals surface area contributed by atoms with E-state index in [1.54, 1.807) is 23.9 Å². The maximum atomic E-state index is 11.0. The van der Waals surface area contributed by atoms with E-state index in [9.17, 15) is 4.79 Å². The molecule has 0 spiro atoms. The maximum absolute atomic E-state index is 11.0. The fourth-order valence-electron chi connectivity index (χ4n) is 1.30. The van der Waals surface area contributed by atoms with Crippen molar-refractivity contribution in [2.45, 2.75) is 17.9 Å². The summed E-state index contributed by atoms with van der Waals surface area (Å²) in [6, 6.07) is 5.10. The molecule has 0 fully saturated rings. The third-order valence-electron chi connectivity index (χ3n) is 2.29. The van der Waals surface area contributed by atoms with Gasteiger partial charge in [0, 0.05) is 11.0 Å². The molecule has 0 aliphatic heterocycles. The van der Waals surface area contributed by atoms with Crippen LogP contribution < -0.4 is 4.74 Å². The molecule has 0 saturated carbocycles. The highest BCUT2D eigenvalue weighted by Crippen LogP contribution is 2.23. The Morgan fingerprint density at radius 3 is 2.76 bits per heavy atom. The first-order chi connectivity index (χ1) is 8.08. The van der Waals surface area contributed by atoms with Gasteiger partial charge in [0.15, 0.2) is 0 Å². The Morgan fingerprint density at radius 2 is 2.24 bits per heavy atom. The lowest BCUT2D eigenvalue weighted by Crippen LogP contribution is -2.04. The van der Waals surface area contributed by atoms with Crippen LogP contribution in [0, 0.1) is 0 Å². The quantitative estimate of drug-likeness (QED) is 0.815. The van der Waals surface area contributed by atoms with Gasteiger partial charge in [0.05, 0.1) is 13.7 Å². The number of ether oxygens (including phenoxy) is 1. The van der Waals surface area contributed by atoms with Crippen molar-refractivity contribution in [1.29, 1.82) is 0 Å². The molecule has 0 heterocycles. The van der Waals surface area contributed by atoms with E-state index >= 15 is 0 Å². The summed E-state index contributed by atoms with van der Waals surface area (Å²) in [7, 11) is 1.45. The number of hydrogen-bond acceptors (Lipinski definition) is 4. The molecule has 0 amide bonds. The number of carboxylic acid groups (broad SMARTS) is 1. The molecule has 2 N–H and O–H groups in total. The van der Waals surface area contributed by atoms with Crippen LogP contribution in [0.3, 0.4) is 0 Å².